The number of hydrogen-bond acceptors (Lipinski definition) is 3. The standard InChI is InChI=1S/C20H17Cl2N3O/c1-13-8-16(21)6-7-19(13)25-20(26)15-9-17(12-23-10-15)24-11-14-4-2-3-5-18(14)22/h2-10,12,24H,11H2,1H3,(H,25,26). The molecule has 0 bridgehead atoms. The highest BCUT2D eigenvalue weighted by Crippen LogP contribution is 2.21. The van der Waals surface area contributed by atoms with Gasteiger partial charge in [0.1, 0.15) is 0 Å². The van der Waals surface area contributed by atoms with E-state index in [1.165, 1.54) is 6.20 Å². The van der Waals surface area contributed by atoms with E-state index in [-0.39, 0.29) is 5.91 Å². The Morgan fingerprint density at radius 3 is 2.65 bits per heavy atom. The number of aromatic nitrogens is 1. The summed E-state index contributed by atoms with van der Waals surface area (Å²) < 4.78 is 0. The highest BCUT2D eigenvalue weighted by Gasteiger charge is 2.09. The molecular formula is C20H17Cl2N3O. The zero-order chi connectivity index (χ0) is 18.5. The first-order chi connectivity index (χ1) is 12.5. The molecule has 0 saturated heterocycles. The van der Waals surface area contributed by atoms with E-state index in [0.29, 0.717) is 27.8 Å². The number of rotatable bonds is 5. The SMILES string of the molecule is Cc1cc(Cl)ccc1NC(=O)c1cncc(NCc2ccccc2Cl)c1. The highest BCUT2D eigenvalue weighted by molar-refractivity contribution is 6.31. The number of hydrogen-bond donors (Lipinski definition) is 2. The van der Waals surface area contributed by atoms with Crippen LogP contribution in [0.5, 0.6) is 0 Å². The number of pyridine rings is 1. The Labute approximate surface area is 162 Å². The van der Waals surface area contributed by atoms with Crippen molar-refractivity contribution >= 4 is 40.5 Å². The first kappa shape index (κ1) is 18.2. The number of halogens is 2. The molecule has 0 fully saturated rings. The van der Waals surface area contributed by atoms with Crippen molar-refractivity contribution in [1.82, 2.24) is 4.98 Å². The van der Waals surface area contributed by atoms with Crippen LogP contribution in [0.3, 0.4) is 0 Å². The molecule has 0 unspecified atom stereocenters. The number of nitrogens with one attached hydrogen (secondary N) is 2. The predicted octanol–water partition coefficient (Wildman–Crippen LogP) is 5.56. The molecule has 0 aliphatic heterocycles. The Morgan fingerprint density at radius 1 is 1.08 bits per heavy atom. The maximum atomic E-state index is 12.5. The first-order valence-electron chi connectivity index (χ1n) is 8.03. The fourth-order valence-corrected chi connectivity index (χ4v) is 2.89. The molecule has 4 nitrogen and oxygen atoms in total. The van der Waals surface area contributed by atoms with Gasteiger partial charge in [0.05, 0.1) is 11.3 Å². The minimum absolute atomic E-state index is 0.232. The zero-order valence-corrected chi connectivity index (χ0v) is 15.6. The van der Waals surface area contributed by atoms with Gasteiger partial charge in [0.15, 0.2) is 0 Å². The van der Waals surface area contributed by atoms with Gasteiger partial charge in [-0.15, -0.1) is 0 Å². The minimum Gasteiger partial charge on any atom is -0.380 e. The van der Waals surface area contributed by atoms with Gasteiger partial charge in [-0.25, -0.2) is 0 Å². The Hall–Kier alpha value is -2.56. The number of benzene rings is 2. The van der Waals surface area contributed by atoms with Crippen LogP contribution in [0.25, 0.3) is 0 Å². The molecule has 2 N–H and O–H groups in total. The average molecular weight is 386 g/mol. The van der Waals surface area contributed by atoms with Crippen LogP contribution in [0.4, 0.5) is 11.4 Å². The second-order valence-electron chi connectivity index (χ2n) is 5.82. The molecule has 0 atom stereocenters. The Balaban J connectivity index is 1.70. The molecule has 26 heavy (non-hydrogen) atoms. The van der Waals surface area contributed by atoms with Crippen LogP contribution in [-0.2, 0) is 6.54 Å². The van der Waals surface area contributed by atoms with Crippen molar-refractivity contribution in [3.05, 3.63) is 87.7 Å². The van der Waals surface area contributed by atoms with Gasteiger partial charge in [0.2, 0.25) is 0 Å². The summed E-state index contributed by atoms with van der Waals surface area (Å²) in [5, 5.41) is 7.44. The second-order valence-corrected chi connectivity index (χ2v) is 6.66. The number of aryl methyl sites for hydroxylation is 1. The molecule has 1 amide bonds. The second kappa shape index (κ2) is 8.21. The Kier molecular flexibility index (Phi) is 5.76. The Bertz CT molecular complexity index is 944. The van der Waals surface area contributed by atoms with Crippen LogP contribution < -0.4 is 10.6 Å². The number of amides is 1. The van der Waals surface area contributed by atoms with Crippen LogP contribution in [0.1, 0.15) is 21.5 Å². The quantitative estimate of drug-likeness (QED) is 0.604. The van der Waals surface area contributed by atoms with E-state index in [4.69, 9.17) is 23.2 Å². The van der Waals surface area contributed by atoms with Crippen molar-refractivity contribution in [3.63, 3.8) is 0 Å². The van der Waals surface area contributed by atoms with E-state index in [1.807, 2.05) is 31.2 Å². The summed E-state index contributed by atoms with van der Waals surface area (Å²) in [4.78, 5) is 16.6. The minimum atomic E-state index is -0.232. The summed E-state index contributed by atoms with van der Waals surface area (Å²) in [5.74, 6) is -0.232. The zero-order valence-electron chi connectivity index (χ0n) is 14.1. The molecule has 0 spiro atoms. The lowest BCUT2D eigenvalue weighted by molar-refractivity contribution is 0.102. The van der Waals surface area contributed by atoms with Gasteiger partial charge < -0.3 is 10.6 Å². The van der Waals surface area contributed by atoms with E-state index in [2.05, 4.69) is 15.6 Å². The molecule has 1 aromatic heterocycles. The van der Waals surface area contributed by atoms with Gasteiger partial charge in [-0.3, -0.25) is 9.78 Å². The molecule has 3 rings (SSSR count). The van der Waals surface area contributed by atoms with Crippen molar-refractivity contribution in [2.75, 3.05) is 10.6 Å². The lowest BCUT2D eigenvalue weighted by Crippen LogP contribution is -2.13. The molecule has 3 aromatic rings. The third kappa shape index (κ3) is 4.54. The van der Waals surface area contributed by atoms with Gasteiger partial charge in [-0.2, -0.15) is 0 Å². The van der Waals surface area contributed by atoms with Gasteiger partial charge in [0, 0.05) is 34.7 Å². The molecule has 132 valence electrons. The molecule has 1 heterocycles. The monoisotopic (exact) mass is 385 g/mol. The van der Waals surface area contributed by atoms with Crippen molar-refractivity contribution in [3.8, 4) is 0 Å². The third-order valence-corrected chi connectivity index (χ3v) is 4.48. The molecule has 0 radical (unpaired) electrons. The van der Waals surface area contributed by atoms with E-state index in [9.17, 15) is 4.79 Å². The first-order valence-corrected chi connectivity index (χ1v) is 8.78. The molecule has 0 aliphatic carbocycles. The van der Waals surface area contributed by atoms with Crippen molar-refractivity contribution in [2.24, 2.45) is 0 Å². The lowest BCUT2D eigenvalue weighted by Gasteiger charge is -2.11. The molecule has 6 heteroatoms. The van der Waals surface area contributed by atoms with E-state index in [1.54, 1.807) is 30.5 Å². The molecule has 2 aromatic carbocycles. The maximum Gasteiger partial charge on any atom is 0.257 e. The van der Waals surface area contributed by atoms with Crippen molar-refractivity contribution < 1.29 is 4.79 Å². The predicted molar refractivity (Wildman–Crippen MR) is 107 cm³/mol. The number of anilines is 2. The van der Waals surface area contributed by atoms with E-state index in [0.717, 1.165) is 16.8 Å². The fourth-order valence-electron chi connectivity index (χ4n) is 2.46. The third-order valence-electron chi connectivity index (χ3n) is 3.88. The van der Waals surface area contributed by atoms with Crippen LogP contribution in [-0.4, -0.2) is 10.9 Å². The maximum absolute atomic E-state index is 12.5. The number of carbonyl (C=O) groups excluding carboxylic acids is 1. The van der Waals surface area contributed by atoms with Gasteiger partial charge in [-0.1, -0.05) is 41.4 Å². The lowest BCUT2D eigenvalue weighted by atomic mass is 10.2. The molecule has 0 aliphatic rings. The topological polar surface area (TPSA) is 54.0 Å². The summed E-state index contributed by atoms with van der Waals surface area (Å²) in [6.45, 7) is 2.43. The van der Waals surface area contributed by atoms with Gasteiger partial charge in [0.25, 0.3) is 5.91 Å². The van der Waals surface area contributed by atoms with E-state index >= 15 is 0 Å². The van der Waals surface area contributed by atoms with Gasteiger partial charge in [-0.05, 0) is 48.4 Å². The van der Waals surface area contributed by atoms with Crippen molar-refractivity contribution in [2.45, 2.75) is 13.5 Å². The number of carbonyl (C=O) groups is 1. The van der Waals surface area contributed by atoms with Crippen LogP contribution in [0.15, 0.2) is 60.9 Å². The molecule has 0 saturated carbocycles. The van der Waals surface area contributed by atoms with Crippen LogP contribution in [0, 0.1) is 6.92 Å². The smallest absolute Gasteiger partial charge is 0.257 e. The fraction of sp³-hybridized carbons (Fsp3) is 0.100. The number of nitrogens with zero attached hydrogens (tertiary/aromatic N) is 1. The van der Waals surface area contributed by atoms with Crippen LogP contribution >= 0.6 is 23.2 Å². The van der Waals surface area contributed by atoms with Crippen molar-refractivity contribution in [1.29, 1.82) is 0 Å². The summed E-state index contributed by atoms with van der Waals surface area (Å²) in [5.41, 5.74) is 3.79. The normalized spacial score (nSPS) is 10.4. The van der Waals surface area contributed by atoms with E-state index < -0.39 is 0 Å². The average Bonchev–Trinajstić information content (AvgIpc) is 2.63. The largest absolute Gasteiger partial charge is 0.380 e. The van der Waals surface area contributed by atoms with Crippen LogP contribution in [0.2, 0.25) is 10.0 Å². The highest BCUT2D eigenvalue weighted by atomic mass is 35.5. The van der Waals surface area contributed by atoms with Gasteiger partial charge >= 0.3 is 0 Å². The summed E-state index contributed by atoms with van der Waals surface area (Å²) >= 11 is 12.1. The summed E-state index contributed by atoms with van der Waals surface area (Å²) in [7, 11) is 0. The summed E-state index contributed by atoms with van der Waals surface area (Å²) in [6, 6.07) is 14.7. The summed E-state index contributed by atoms with van der Waals surface area (Å²) in [6.07, 6.45) is 3.20. The molecular weight excluding hydrogens is 369 g/mol. The Morgan fingerprint density at radius 2 is 1.88 bits per heavy atom.